The zero-order valence-electron chi connectivity index (χ0n) is 10.9. The maximum Gasteiger partial charge on any atom is 0.253 e. The molecule has 1 heterocycles. The fourth-order valence-electron chi connectivity index (χ4n) is 1.74. The van der Waals surface area contributed by atoms with Crippen LogP contribution >= 0.6 is 0 Å². The van der Waals surface area contributed by atoms with Crippen molar-refractivity contribution in [2.45, 2.75) is 13.3 Å². The lowest BCUT2D eigenvalue weighted by atomic mass is 10.2. The zero-order valence-corrected chi connectivity index (χ0v) is 10.9. The van der Waals surface area contributed by atoms with Crippen LogP contribution in [0.4, 0.5) is 11.4 Å². The molecule has 0 spiro atoms. The van der Waals surface area contributed by atoms with Crippen LogP contribution in [0.25, 0.3) is 0 Å². The SMILES string of the molecule is CC1=NN(c2cccc(N=C(N)N=C(N)N)c2)C(=O)C1. The Morgan fingerprint density at radius 3 is 2.70 bits per heavy atom. The van der Waals surface area contributed by atoms with Gasteiger partial charge in [-0.15, -0.1) is 0 Å². The van der Waals surface area contributed by atoms with Crippen molar-refractivity contribution < 1.29 is 4.79 Å². The van der Waals surface area contributed by atoms with Crippen LogP contribution in [-0.4, -0.2) is 23.5 Å². The predicted molar refractivity (Wildman–Crippen MR) is 78.7 cm³/mol. The molecule has 1 aromatic carbocycles. The summed E-state index contributed by atoms with van der Waals surface area (Å²) in [6.07, 6.45) is 0.323. The number of anilines is 1. The highest BCUT2D eigenvalue weighted by Gasteiger charge is 2.22. The van der Waals surface area contributed by atoms with E-state index in [9.17, 15) is 4.79 Å². The lowest BCUT2D eigenvalue weighted by Crippen LogP contribution is -2.26. The number of benzene rings is 1. The molecule has 6 N–H and O–H groups in total. The number of nitrogens with two attached hydrogens (primary N) is 3. The van der Waals surface area contributed by atoms with Crippen LogP contribution in [0.1, 0.15) is 13.3 Å². The van der Waals surface area contributed by atoms with Crippen molar-refractivity contribution in [3.8, 4) is 0 Å². The van der Waals surface area contributed by atoms with E-state index >= 15 is 0 Å². The Morgan fingerprint density at radius 1 is 1.35 bits per heavy atom. The van der Waals surface area contributed by atoms with Gasteiger partial charge in [0.05, 0.1) is 17.8 Å². The highest BCUT2D eigenvalue weighted by molar-refractivity contribution is 6.12. The third-order valence-electron chi connectivity index (χ3n) is 2.48. The van der Waals surface area contributed by atoms with Gasteiger partial charge in [0.15, 0.2) is 5.96 Å². The van der Waals surface area contributed by atoms with E-state index in [-0.39, 0.29) is 17.8 Å². The second-order valence-electron chi connectivity index (χ2n) is 4.24. The molecule has 0 bridgehead atoms. The summed E-state index contributed by atoms with van der Waals surface area (Å²) in [5.74, 6) is -0.312. The minimum absolute atomic E-state index is 0.0606. The summed E-state index contributed by atoms with van der Waals surface area (Å²) in [6, 6.07) is 6.90. The molecule has 1 aliphatic rings. The van der Waals surface area contributed by atoms with Gasteiger partial charge in [-0.3, -0.25) is 4.79 Å². The second kappa shape index (κ2) is 5.39. The maximum absolute atomic E-state index is 11.8. The number of nitrogens with zero attached hydrogens (tertiary/aromatic N) is 4. The molecule has 2 rings (SSSR count). The van der Waals surface area contributed by atoms with Crippen molar-refractivity contribution in [1.82, 2.24) is 0 Å². The van der Waals surface area contributed by atoms with E-state index in [4.69, 9.17) is 17.2 Å². The number of amides is 1. The van der Waals surface area contributed by atoms with E-state index in [2.05, 4.69) is 15.1 Å². The van der Waals surface area contributed by atoms with E-state index in [1.807, 2.05) is 0 Å². The number of hydrogen-bond acceptors (Lipinski definition) is 3. The summed E-state index contributed by atoms with van der Waals surface area (Å²) in [5, 5.41) is 5.50. The van der Waals surface area contributed by atoms with Crippen LogP contribution in [0, 0.1) is 0 Å². The molecule has 8 nitrogen and oxygen atoms in total. The molecule has 0 unspecified atom stereocenters. The van der Waals surface area contributed by atoms with Gasteiger partial charge < -0.3 is 17.2 Å². The maximum atomic E-state index is 11.8. The van der Waals surface area contributed by atoms with Gasteiger partial charge in [0.25, 0.3) is 5.91 Å². The fourth-order valence-corrected chi connectivity index (χ4v) is 1.74. The van der Waals surface area contributed by atoms with Gasteiger partial charge >= 0.3 is 0 Å². The Hall–Kier alpha value is -2.90. The minimum atomic E-state index is -0.169. The van der Waals surface area contributed by atoms with Crippen molar-refractivity contribution in [3.05, 3.63) is 24.3 Å². The van der Waals surface area contributed by atoms with E-state index < -0.39 is 0 Å². The molecule has 0 aromatic heterocycles. The standard InChI is InChI=1S/C12H15N7O/c1-7-5-10(20)19(18-7)9-4-2-3-8(6-9)16-12(15)17-11(13)14/h2-4,6H,5H2,1H3,(H6,13,14,15,16,17). The first-order chi connectivity index (χ1) is 9.45. The first-order valence-electron chi connectivity index (χ1n) is 5.86. The van der Waals surface area contributed by atoms with Crippen LogP contribution in [0.5, 0.6) is 0 Å². The number of hydrogen-bond donors (Lipinski definition) is 3. The molecule has 1 amide bonds. The topological polar surface area (TPSA) is 135 Å². The van der Waals surface area contributed by atoms with E-state index in [1.165, 1.54) is 5.01 Å². The van der Waals surface area contributed by atoms with Crippen molar-refractivity contribution in [1.29, 1.82) is 0 Å². The lowest BCUT2D eigenvalue weighted by molar-refractivity contribution is -0.116. The molecule has 0 aliphatic carbocycles. The van der Waals surface area contributed by atoms with Crippen LogP contribution in [-0.2, 0) is 4.79 Å². The minimum Gasteiger partial charge on any atom is -0.370 e. The van der Waals surface area contributed by atoms with Gasteiger partial charge in [-0.05, 0) is 25.1 Å². The van der Waals surface area contributed by atoms with Gasteiger partial charge in [-0.1, -0.05) is 6.07 Å². The molecule has 0 atom stereocenters. The van der Waals surface area contributed by atoms with Gasteiger partial charge in [0, 0.05) is 5.71 Å². The summed E-state index contributed by atoms with van der Waals surface area (Å²) in [5.41, 5.74) is 17.9. The Labute approximate surface area is 115 Å². The quantitative estimate of drug-likeness (QED) is 0.516. The summed E-state index contributed by atoms with van der Waals surface area (Å²) in [7, 11) is 0. The molecule has 0 fully saturated rings. The monoisotopic (exact) mass is 273 g/mol. The van der Waals surface area contributed by atoms with Crippen LogP contribution < -0.4 is 22.2 Å². The molecule has 0 radical (unpaired) electrons. The summed E-state index contributed by atoms with van der Waals surface area (Å²) in [6.45, 7) is 1.80. The fraction of sp³-hybridized carbons (Fsp3) is 0.167. The summed E-state index contributed by atoms with van der Waals surface area (Å²) >= 11 is 0. The number of rotatable bonds is 2. The molecule has 104 valence electrons. The normalized spacial score (nSPS) is 15.2. The predicted octanol–water partition coefficient (Wildman–Crippen LogP) is 0.0188. The van der Waals surface area contributed by atoms with Gasteiger partial charge in [-0.2, -0.15) is 10.1 Å². The molecule has 1 aliphatic heterocycles. The third-order valence-corrected chi connectivity index (χ3v) is 2.48. The summed E-state index contributed by atoms with van der Waals surface area (Å²) in [4.78, 5) is 19.4. The highest BCUT2D eigenvalue weighted by atomic mass is 16.2. The first-order valence-corrected chi connectivity index (χ1v) is 5.86. The average molecular weight is 273 g/mol. The number of carbonyl (C=O) groups excluding carboxylic acids is 1. The molecular formula is C12H15N7O. The van der Waals surface area contributed by atoms with Crippen LogP contribution in [0.3, 0.4) is 0 Å². The van der Waals surface area contributed by atoms with Crippen molar-refractivity contribution in [2.24, 2.45) is 32.3 Å². The van der Waals surface area contributed by atoms with Crippen molar-refractivity contribution in [3.63, 3.8) is 0 Å². The van der Waals surface area contributed by atoms with Gasteiger partial charge in [-0.25, -0.2) is 10.0 Å². The Morgan fingerprint density at radius 2 is 2.10 bits per heavy atom. The smallest absolute Gasteiger partial charge is 0.253 e. The molecule has 0 saturated heterocycles. The van der Waals surface area contributed by atoms with Gasteiger partial charge in [0.1, 0.15) is 0 Å². The molecule has 0 saturated carbocycles. The van der Waals surface area contributed by atoms with Gasteiger partial charge in [0.2, 0.25) is 5.96 Å². The average Bonchev–Trinajstić information content (AvgIpc) is 2.67. The van der Waals surface area contributed by atoms with E-state index in [1.54, 1.807) is 31.2 Å². The van der Waals surface area contributed by atoms with Crippen molar-refractivity contribution in [2.75, 3.05) is 5.01 Å². The molecule has 1 aromatic rings. The number of carbonyl (C=O) groups is 1. The number of guanidine groups is 2. The lowest BCUT2D eigenvalue weighted by Gasteiger charge is -2.11. The molecule has 8 heteroatoms. The van der Waals surface area contributed by atoms with E-state index in [0.717, 1.165) is 5.71 Å². The zero-order chi connectivity index (χ0) is 14.7. The van der Waals surface area contributed by atoms with E-state index in [0.29, 0.717) is 17.8 Å². The number of hydrazone groups is 1. The Balaban J connectivity index is 2.29. The Kier molecular flexibility index (Phi) is 3.65. The highest BCUT2D eigenvalue weighted by Crippen LogP contribution is 2.25. The largest absolute Gasteiger partial charge is 0.370 e. The third kappa shape index (κ3) is 3.10. The van der Waals surface area contributed by atoms with Crippen LogP contribution in [0.2, 0.25) is 0 Å². The first kappa shape index (κ1) is 13.5. The van der Waals surface area contributed by atoms with Crippen LogP contribution in [0.15, 0.2) is 39.4 Å². The molecular weight excluding hydrogens is 258 g/mol. The second-order valence-corrected chi connectivity index (χ2v) is 4.24. The summed E-state index contributed by atoms with van der Waals surface area (Å²) < 4.78 is 0. The Bertz CT molecular complexity index is 628. The van der Waals surface area contributed by atoms with Crippen molar-refractivity contribution >= 4 is 34.9 Å². The molecule has 20 heavy (non-hydrogen) atoms. The number of aliphatic imine (C=N–C) groups is 2.